The quantitative estimate of drug-likeness (QED) is 0.783. The van der Waals surface area contributed by atoms with Crippen LogP contribution < -0.4 is 5.06 Å². The monoisotopic (exact) mass is 221 g/mol. The van der Waals surface area contributed by atoms with Gasteiger partial charge in [-0.15, -0.1) is 12.4 Å². The van der Waals surface area contributed by atoms with Gasteiger partial charge in [-0.3, -0.25) is 5.21 Å². The number of rotatable bonds is 2. The molecule has 0 spiro atoms. The van der Waals surface area contributed by atoms with E-state index in [0.717, 1.165) is 11.4 Å². The first-order valence-electron chi connectivity index (χ1n) is 4.47. The molecule has 0 aromatic heterocycles. The molecule has 2 aromatic carbocycles. The van der Waals surface area contributed by atoms with Crippen molar-refractivity contribution in [1.82, 2.24) is 0 Å². The number of nitrogens with zero attached hydrogens (tertiary/aromatic N) is 1. The van der Waals surface area contributed by atoms with Gasteiger partial charge in [-0.1, -0.05) is 36.4 Å². The number of benzene rings is 2. The molecule has 2 nitrogen and oxygen atoms in total. The zero-order valence-electron chi connectivity index (χ0n) is 8.08. The summed E-state index contributed by atoms with van der Waals surface area (Å²) in [5, 5.41) is 11.0. The summed E-state index contributed by atoms with van der Waals surface area (Å²) in [4.78, 5) is 0. The van der Waals surface area contributed by atoms with Gasteiger partial charge in [0, 0.05) is 0 Å². The van der Waals surface area contributed by atoms with E-state index in [1.165, 1.54) is 5.06 Å². The van der Waals surface area contributed by atoms with Crippen LogP contribution >= 0.6 is 12.4 Å². The Morgan fingerprint density at radius 1 is 0.667 bits per heavy atom. The van der Waals surface area contributed by atoms with Crippen molar-refractivity contribution >= 4 is 23.8 Å². The van der Waals surface area contributed by atoms with Gasteiger partial charge in [0.05, 0.1) is 11.4 Å². The summed E-state index contributed by atoms with van der Waals surface area (Å²) in [6, 6.07) is 18.8. The lowest BCUT2D eigenvalue weighted by molar-refractivity contribution is 0.301. The molecule has 0 fully saturated rings. The Hall–Kier alpha value is -1.51. The minimum atomic E-state index is 0. The normalized spacial score (nSPS) is 9.13. The Morgan fingerprint density at radius 2 is 1.00 bits per heavy atom. The molecule has 78 valence electrons. The molecule has 0 aliphatic rings. The van der Waals surface area contributed by atoms with Gasteiger partial charge in [-0.25, -0.2) is 5.06 Å². The Labute approximate surface area is 95.1 Å². The van der Waals surface area contributed by atoms with E-state index < -0.39 is 0 Å². The van der Waals surface area contributed by atoms with Crippen molar-refractivity contribution in [3.63, 3.8) is 0 Å². The highest BCUT2D eigenvalue weighted by atomic mass is 35.5. The zero-order valence-corrected chi connectivity index (χ0v) is 8.89. The first kappa shape index (κ1) is 11.6. The molecule has 0 amide bonds. The number of hydrogen-bond acceptors (Lipinski definition) is 2. The lowest BCUT2D eigenvalue weighted by Gasteiger charge is -2.16. The Balaban J connectivity index is 0.00000112. The van der Waals surface area contributed by atoms with Crippen LogP contribution in [0, 0.1) is 0 Å². The SMILES string of the molecule is Cl.ON(c1ccccc1)c1ccccc1. The molecule has 0 bridgehead atoms. The van der Waals surface area contributed by atoms with Gasteiger partial charge in [0.2, 0.25) is 0 Å². The van der Waals surface area contributed by atoms with E-state index in [1.54, 1.807) is 0 Å². The van der Waals surface area contributed by atoms with Gasteiger partial charge in [0.15, 0.2) is 0 Å². The number of para-hydroxylation sites is 2. The van der Waals surface area contributed by atoms with Crippen molar-refractivity contribution in [2.24, 2.45) is 0 Å². The van der Waals surface area contributed by atoms with Crippen LogP contribution in [0.15, 0.2) is 60.7 Å². The van der Waals surface area contributed by atoms with Crippen molar-refractivity contribution in [1.29, 1.82) is 0 Å². The molecular formula is C12H12ClNO. The minimum Gasteiger partial charge on any atom is -0.284 e. The molecule has 0 radical (unpaired) electrons. The lowest BCUT2D eigenvalue weighted by Crippen LogP contribution is -2.09. The Morgan fingerprint density at radius 3 is 1.33 bits per heavy atom. The smallest absolute Gasteiger partial charge is 0.0693 e. The summed E-state index contributed by atoms with van der Waals surface area (Å²) in [7, 11) is 0. The summed E-state index contributed by atoms with van der Waals surface area (Å²) in [5.41, 5.74) is 1.53. The van der Waals surface area contributed by atoms with Crippen LogP contribution in [0.2, 0.25) is 0 Å². The third kappa shape index (κ3) is 2.72. The van der Waals surface area contributed by atoms with Gasteiger partial charge >= 0.3 is 0 Å². The summed E-state index contributed by atoms with van der Waals surface area (Å²) < 4.78 is 0. The molecule has 2 rings (SSSR count). The van der Waals surface area contributed by atoms with E-state index in [9.17, 15) is 5.21 Å². The maximum absolute atomic E-state index is 9.83. The molecule has 0 saturated heterocycles. The van der Waals surface area contributed by atoms with Crippen LogP contribution in [0.5, 0.6) is 0 Å². The molecule has 1 N–H and O–H groups in total. The molecule has 3 heteroatoms. The number of hydrogen-bond donors (Lipinski definition) is 1. The summed E-state index contributed by atoms with van der Waals surface area (Å²) in [6.45, 7) is 0. The van der Waals surface area contributed by atoms with E-state index in [2.05, 4.69) is 0 Å². The van der Waals surface area contributed by atoms with Crippen LogP contribution in [0.25, 0.3) is 0 Å². The van der Waals surface area contributed by atoms with Gasteiger partial charge in [-0.05, 0) is 24.3 Å². The second kappa shape index (κ2) is 5.39. The van der Waals surface area contributed by atoms with Crippen molar-refractivity contribution in [2.75, 3.05) is 5.06 Å². The van der Waals surface area contributed by atoms with Crippen LogP contribution in [0.1, 0.15) is 0 Å². The molecule has 0 unspecified atom stereocenters. The van der Waals surface area contributed by atoms with Gasteiger partial charge in [0.25, 0.3) is 0 Å². The first-order valence-corrected chi connectivity index (χ1v) is 4.47. The van der Waals surface area contributed by atoms with Crippen LogP contribution in [-0.2, 0) is 0 Å². The summed E-state index contributed by atoms with van der Waals surface area (Å²) in [5.74, 6) is 0. The van der Waals surface area contributed by atoms with Crippen molar-refractivity contribution in [2.45, 2.75) is 0 Å². The predicted octanol–water partition coefficient (Wildman–Crippen LogP) is 3.64. The number of anilines is 2. The van der Waals surface area contributed by atoms with Gasteiger partial charge < -0.3 is 0 Å². The van der Waals surface area contributed by atoms with Crippen LogP contribution in [0.4, 0.5) is 11.4 Å². The summed E-state index contributed by atoms with van der Waals surface area (Å²) >= 11 is 0. The molecule has 0 aliphatic carbocycles. The molecule has 15 heavy (non-hydrogen) atoms. The molecule has 0 atom stereocenters. The Bertz CT molecular complexity index is 351. The zero-order chi connectivity index (χ0) is 9.80. The fraction of sp³-hybridized carbons (Fsp3) is 0. The van der Waals surface area contributed by atoms with E-state index in [4.69, 9.17) is 0 Å². The highest BCUT2D eigenvalue weighted by molar-refractivity contribution is 5.85. The molecule has 2 aromatic rings. The average molecular weight is 222 g/mol. The van der Waals surface area contributed by atoms with E-state index in [0.29, 0.717) is 0 Å². The summed E-state index contributed by atoms with van der Waals surface area (Å²) in [6.07, 6.45) is 0. The average Bonchev–Trinajstić information content (AvgIpc) is 2.30. The third-order valence-electron chi connectivity index (χ3n) is 2.00. The van der Waals surface area contributed by atoms with Crippen LogP contribution in [-0.4, -0.2) is 5.21 Å². The highest BCUT2D eigenvalue weighted by Crippen LogP contribution is 2.21. The molecule has 0 heterocycles. The predicted molar refractivity (Wildman–Crippen MR) is 64.1 cm³/mol. The molecule has 0 aliphatic heterocycles. The van der Waals surface area contributed by atoms with E-state index >= 15 is 0 Å². The van der Waals surface area contributed by atoms with E-state index in [-0.39, 0.29) is 12.4 Å². The molecule has 0 saturated carbocycles. The maximum Gasteiger partial charge on any atom is 0.0693 e. The standard InChI is InChI=1S/C12H11NO.ClH/c14-13(11-7-3-1-4-8-11)12-9-5-2-6-10-12;/h1-10,14H;1H. The molecular weight excluding hydrogens is 210 g/mol. The minimum absolute atomic E-state index is 0. The lowest BCUT2D eigenvalue weighted by atomic mass is 10.2. The van der Waals surface area contributed by atoms with Crippen molar-refractivity contribution in [3.05, 3.63) is 60.7 Å². The van der Waals surface area contributed by atoms with E-state index in [1.807, 2.05) is 60.7 Å². The fourth-order valence-electron chi connectivity index (χ4n) is 1.29. The second-order valence-corrected chi connectivity index (χ2v) is 2.98. The second-order valence-electron chi connectivity index (χ2n) is 2.98. The van der Waals surface area contributed by atoms with Gasteiger partial charge in [-0.2, -0.15) is 0 Å². The highest BCUT2D eigenvalue weighted by Gasteiger charge is 2.02. The topological polar surface area (TPSA) is 23.5 Å². The third-order valence-corrected chi connectivity index (χ3v) is 2.00. The van der Waals surface area contributed by atoms with Crippen LogP contribution in [0.3, 0.4) is 0 Å². The fourth-order valence-corrected chi connectivity index (χ4v) is 1.29. The largest absolute Gasteiger partial charge is 0.284 e. The maximum atomic E-state index is 9.83. The van der Waals surface area contributed by atoms with Crippen molar-refractivity contribution < 1.29 is 5.21 Å². The Kier molecular flexibility index (Phi) is 4.16. The first-order chi connectivity index (χ1) is 6.88. The van der Waals surface area contributed by atoms with Gasteiger partial charge in [0.1, 0.15) is 0 Å². The number of halogens is 1. The van der Waals surface area contributed by atoms with Crippen molar-refractivity contribution in [3.8, 4) is 0 Å².